The Bertz CT molecular complexity index is 246. The maximum Gasteiger partial charge on any atom is 0.333 e. The molecule has 0 aliphatic carbocycles. The molecule has 0 unspecified atom stereocenters. The fourth-order valence-electron chi connectivity index (χ4n) is 0.793. The fourth-order valence-corrected chi connectivity index (χ4v) is 0.793. The van der Waals surface area contributed by atoms with Crippen molar-refractivity contribution < 1.29 is 19.1 Å². The Kier molecular flexibility index (Phi) is 14.5. The molecule has 106 valence electrons. The molecule has 4 nitrogen and oxygen atoms in total. The van der Waals surface area contributed by atoms with Crippen molar-refractivity contribution in [2.45, 2.75) is 53.4 Å². The highest BCUT2D eigenvalue weighted by molar-refractivity contribution is 5.86. The monoisotopic (exact) mass is 258 g/mol. The van der Waals surface area contributed by atoms with Gasteiger partial charge in [0.2, 0.25) is 0 Å². The van der Waals surface area contributed by atoms with E-state index in [4.69, 9.17) is 4.74 Å². The number of ether oxygens (including phenoxy) is 2. The van der Waals surface area contributed by atoms with Crippen LogP contribution in [-0.2, 0) is 19.1 Å². The molecule has 0 aromatic rings. The van der Waals surface area contributed by atoms with Crippen molar-refractivity contribution in [1.82, 2.24) is 0 Å². The molecule has 0 saturated heterocycles. The standard InChI is InChI=1S/C8H14O2.C6H12O2/c1-4-5-6-10-8(9)7(2)3;1-3-4-5-8-6(2)7/h2,4-6H2,1,3H3;3-5H2,1-2H3. The van der Waals surface area contributed by atoms with Gasteiger partial charge in [-0.1, -0.05) is 33.3 Å². The summed E-state index contributed by atoms with van der Waals surface area (Å²) >= 11 is 0. The highest BCUT2D eigenvalue weighted by Crippen LogP contribution is 1.94. The molecule has 0 heterocycles. The molecule has 0 aliphatic heterocycles. The van der Waals surface area contributed by atoms with Gasteiger partial charge in [-0.05, 0) is 19.8 Å². The summed E-state index contributed by atoms with van der Waals surface area (Å²) < 4.78 is 9.45. The van der Waals surface area contributed by atoms with E-state index in [-0.39, 0.29) is 11.9 Å². The number of hydrogen-bond donors (Lipinski definition) is 0. The normalized spacial score (nSPS) is 8.89. The zero-order valence-corrected chi connectivity index (χ0v) is 12.1. The van der Waals surface area contributed by atoms with Crippen molar-refractivity contribution in [3.8, 4) is 0 Å². The van der Waals surface area contributed by atoms with Crippen LogP contribution in [-0.4, -0.2) is 25.2 Å². The lowest BCUT2D eigenvalue weighted by atomic mass is 10.3. The van der Waals surface area contributed by atoms with Crippen molar-refractivity contribution in [3.63, 3.8) is 0 Å². The highest BCUT2D eigenvalue weighted by Gasteiger charge is 2.00. The number of carbonyl (C=O) groups excluding carboxylic acids is 2. The van der Waals surface area contributed by atoms with Crippen molar-refractivity contribution in [3.05, 3.63) is 12.2 Å². The minimum atomic E-state index is -0.284. The molecule has 0 bridgehead atoms. The average Bonchev–Trinajstić information content (AvgIpc) is 2.30. The van der Waals surface area contributed by atoms with Crippen LogP contribution in [0.15, 0.2) is 12.2 Å². The number of esters is 2. The van der Waals surface area contributed by atoms with Crippen LogP contribution in [0.2, 0.25) is 0 Å². The molecular weight excluding hydrogens is 232 g/mol. The summed E-state index contributed by atoms with van der Waals surface area (Å²) in [6.45, 7) is 11.7. The Hall–Kier alpha value is -1.32. The Morgan fingerprint density at radius 3 is 1.72 bits per heavy atom. The third-order valence-electron chi connectivity index (χ3n) is 1.88. The van der Waals surface area contributed by atoms with Crippen LogP contribution in [0.1, 0.15) is 53.4 Å². The van der Waals surface area contributed by atoms with Gasteiger partial charge >= 0.3 is 11.9 Å². The van der Waals surface area contributed by atoms with Crippen molar-refractivity contribution in [1.29, 1.82) is 0 Å². The number of rotatable bonds is 7. The predicted molar refractivity (Wildman–Crippen MR) is 72.2 cm³/mol. The molecule has 0 N–H and O–H groups in total. The Morgan fingerprint density at radius 2 is 1.39 bits per heavy atom. The van der Waals surface area contributed by atoms with Crippen LogP contribution >= 0.6 is 0 Å². The maximum atomic E-state index is 10.7. The van der Waals surface area contributed by atoms with Crippen LogP contribution in [0.4, 0.5) is 0 Å². The average molecular weight is 258 g/mol. The molecule has 4 heteroatoms. The number of carbonyl (C=O) groups is 2. The summed E-state index contributed by atoms with van der Waals surface area (Å²) in [6.07, 6.45) is 4.02. The maximum absolute atomic E-state index is 10.7. The first kappa shape index (κ1) is 19.0. The molecule has 0 rings (SSSR count). The zero-order chi connectivity index (χ0) is 14.4. The Morgan fingerprint density at radius 1 is 0.944 bits per heavy atom. The topological polar surface area (TPSA) is 52.6 Å². The van der Waals surface area contributed by atoms with Crippen molar-refractivity contribution >= 4 is 11.9 Å². The van der Waals surface area contributed by atoms with Crippen LogP contribution in [0, 0.1) is 0 Å². The van der Waals surface area contributed by atoms with Gasteiger partial charge in [0.1, 0.15) is 0 Å². The van der Waals surface area contributed by atoms with E-state index < -0.39 is 0 Å². The molecule has 0 atom stereocenters. The van der Waals surface area contributed by atoms with Gasteiger partial charge in [-0.3, -0.25) is 4.79 Å². The van der Waals surface area contributed by atoms with E-state index >= 15 is 0 Å². The predicted octanol–water partition coefficient (Wildman–Crippen LogP) is 3.26. The summed E-state index contributed by atoms with van der Waals surface area (Å²) in [5.41, 5.74) is 0.469. The van der Waals surface area contributed by atoms with E-state index in [0.717, 1.165) is 25.7 Å². The van der Waals surface area contributed by atoms with Gasteiger partial charge in [0, 0.05) is 12.5 Å². The largest absolute Gasteiger partial charge is 0.466 e. The minimum Gasteiger partial charge on any atom is -0.466 e. The lowest BCUT2D eigenvalue weighted by molar-refractivity contribution is -0.141. The lowest BCUT2D eigenvalue weighted by Gasteiger charge is -2.01. The van der Waals surface area contributed by atoms with Gasteiger partial charge in [-0.25, -0.2) is 4.79 Å². The first-order chi connectivity index (χ1) is 8.45. The fraction of sp³-hybridized carbons (Fsp3) is 0.714. The van der Waals surface area contributed by atoms with Crippen LogP contribution < -0.4 is 0 Å². The summed E-state index contributed by atoms with van der Waals surface area (Å²) in [5, 5.41) is 0. The molecule has 0 radical (unpaired) electrons. The van der Waals surface area contributed by atoms with Crippen molar-refractivity contribution in [2.24, 2.45) is 0 Å². The molecular formula is C14H26O4. The molecule has 0 aromatic carbocycles. The molecule has 0 aromatic heterocycles. The van der Waals surface area contributed by atoms with Gasteiger partial charge < -0.3 is 9.47 Å². The first-order valence-electron chi connectivity index (χ1n) is 6.41. The molecule has 18 heavy (non-hydrogen) atoms. The van der Waals surface area contributed by atoms with Crippen molar-refractivity contribution in [2.75, 3.05) is 13.2 Å². The van der Waals surface area contributed by atoms with Crippen LogP contribution in [0.3, 0.4) is 0 Å². The summed E-state index contributed by atoms with van der Waals surface area (Å²) in [4.78, 5) is 20.8. The molecule has 0 fully saturated rings. The summed E-state index contributed by atoms with van der Waals surface area (Å²) in [5.74, 6) is -0.466. The van der Waals surface area contributed by atoms with Gasteiger partial charge in [-0.2, -0.15) is 0 Å². The third-order valence-corrected chi connectivity index (χ3v) is 1.88. The van der Waals surface area contributed by atoms with Gasteiger partial charge in [0.15, 0.2) is 0 Å². The molecule has 0 spiro atoms. The highest BCUT2D eigenvalue weighted by atomic mass is 16.5. The van der Waals surface area contributed by atoms with E-state index in [1.165, 1.54) is 6.92 Å². The zero-order valence-electron chi connectivity index (χ0n) is 12.1. The van der Waals surface area contributed by atoms with E-state index in [0.29, 0.717) is 18.8 Å². The molecule has 0 amide bonds. The first-order valence-corrected chi connectivity index (χ1v) is 6.41. The smallest absolute Gasteiger partial charge is 0.333 e. The minimum absolute atomic E-state index is 0.182. The van der Waals surface area contributed by atoms with Crippen LogP contribution in [0.25, 0.3) is 0 Å². The summed E-state index contributed by atoms with van der Waals surface area (Å²) in [6, 6.07) is 0. The second-order valence-electron chi connectivity index (χ2n) is 3.96. The Labute approximate surface area is 110 Å². The number of hydrogen-bond acceptors (Lipinski definition) is 4. The number of unbranched alkanes of at least 4 members (excludes halogenated alkanes) is 2. The van der Waals surface area contributed by atoms with E-state index in [1.54, 1.807) is 6.92 Å². The SMILES string of the molecule is C=C(C)C(=O)OCCCC.CCCCOC(C)=O. The van der Waals surface area contributed by atoms with E-state index in [1.807, 2.05) is 0 Å². The molecule has 0 aliphatic rings. The van der Waals surface area contributed by atoms with Gasteiger partial charge in [-0.15, -0.1) is 0 Å². The van der Waals surface area contributed by atoms with Gasteiger partial charge in [0.25, 0.3) is 0 Å². The second kappa shape index (κ2) is 13.7. The van der Waals surface area contributed by atoms with E-state index in [9.17, 15) is 9.59 Å². The second-order valence-corrected chi connectivity index (χ2v) is 3.96. The van der Waals surface area contributed by atoms with Gasteiger partial charge in [0.05, 0.1) is 13.2 Å². The molecule has 0 saturated carbocycles. The quantitative estimate of drug-likeness (QED) is 0.399. The summed E-state index contributed by atoms with van der Waals surface area (Å²) in [7, 11) is 0. The van der Waals surface area contributed by atoms with E-state index in [2.05, 4.69) is 25.2 Å². The van der Waals surface area contributed by atoms with Crippen LogP contribution in [0.5, 0.6) is 0 Å². The lowest BCUT2D eigenvalue weighted by Crippen LogP contribution is -2.05. The third kappa shape index (κ3) is 17.1. The Balaban J connectivity index is 0.